The normalized spacial score (nSPS) is 12.5. The Hall–Kier alpha value is -1.53. The second-order valence-corrected chi connectivity index (χ2v) is 11.8. The summed E-state index contributed by atoms with van der Waals surface area (Å²) in [4.78, 5) is 0. The van der Waals surface area contributed by atoms with Gasteiger partial charge in [-0.2, -0.15) is 25.3 Å². The average molecular weight is 487 g/mol. The monoisotopic (exact) mass is 486 g/mol. The van der Waals surface area contributed by atoms with Gasteiger partial charge in [0, 0.05) is 0 Å². The summed E-state index contributed by atoms with van der Waals surface area (Å²) in [5.41, 5.74) is 0. The van der Waals surface area contributed by atoms with E-state index in [0.717, 1.165) is 0 Å². The van der Waals surface area contributed by atoms with Crippen molar-refractivity contribution in [3.8, 4) is 17.2 Å². The summed E-state index contributed by atoms with van der Waals surface area (Å²) in [7, 11) is -12.2. The second-order valence-electron chi connectivity index (χ2n) is 6.68. The molecule has 0 atom stereocenters. The van der Waals surface area contributed by atoms with Crippen LogP contribution in [0.3, 0.4) is 0 Å². The maximum absolute atomic E-state index is 12.3. The van der Waals surface area contributed by atoms with Crippen LogP contribution in [0.5, 0.6) is 17.2 Å². The summed E-state index contributed by atoms with van der Waals surface area (Å²) < 4.78 is 88.5. The first kappa shape index (κ1) is 26.5. The van der Waals surface area contributed by atoms with Gasteiger partial charge in [0.25, 0.3) is 0 Å². The molecule has 0 amide bonds. The first-order chi connectivity index (χ1) is 14.0. The minimum absolute atomic E-state index is 0.286. The third-order valence-corrected chi connectivity index (χ3v) is 7.48. The highest BCUT2D eigenvalue weighted by molar-refractivity contribution is 7.87. The van der Waals surface area contributed by atoms with Crippen molar-refractivity contribution >= 4 is 30.4 Å². The van der Waals surface area contributed by atoms with Gasteiger partial charge in [-0.05, 0) is 31.4 Å². The van der Waals surface area contributed by atoms with E-state index in [9.17, 15) is 25.3 Å². The van der Waals surface area contributed by atoms with Crippen LogP contribution in [-0.4, -0.2) is 42.5 Å². The van der Waals surface area contributed by atoms with Gasteiger partial charge in [-0.1, -0.05) is 46.1 Å². The van der Waals surface area contributed by atoms with Crippen molar-refractivity contribution in [2.45, 2.75) is 59.3 Å². The molecule has 1 rings (SSSR count). The first-order valence-corrected chi connectivity index (χ1v) is 14.6. The van der Waals surface area contributed by atoms with E-state index < -0.39 is 47.6 Å². The third kappa shape index (κ3) is 9.52. The van der Waals surface area contributed by atoms with E-state index in [1.165, 1.54) is 18.2 Å². The summed E-state index contributed by atoms with van der Waals surface area (Å²) in [5, 5.41) is 0. The summed E-state index contributed by atoms with van der Waals surface area (Å²) in [6.07, 6.45) is 2.79. The van der Waals surface area contributed by atoms with Gasteiger partial charge in [-0.15, -0.1) is 0 Å². The lowest BCUT2D eigenvalue weighted by Crippen LogP contribution is -2.19. The molecule has 0 N–H and O–H groups in total. The molecule has 30 heavy (non-hydrogen) atoms. The van der Waals surface area contributed by atoms with Crippen molar-refractivity contribution in [1.82, 2.24) is 0 Å². The molecule has 0 spiro atoms. The van der Waals surface area contributed by atoms with Crippen LogP contribution >= 0.6 is 0 Å². The number of hydrogen-bond donors (Lipinski definition) is 0. The Bertz CT molecular complexity index is 923. The quantitative estimate of drug-likeness (QED) is 0.343. The fraction of sp³-hybridized carbons (Fsp3) is 0.667. The highest BCUT2D eigenvalue weighted by Crippen LogP contribution is 2.40. The van der Waals surface area contributed by atoms with E-state index in [2.05, 4.69) is 0 Å². The second kappa shape index (κ2) is 11.8. The number of unbranched alkanes of at least 4 members (excludes halogenated alkanes) is 3. The Morgan fingerprint density at radius 2 is 0.933 bits per heavy atom. The van der Waals surface area contributed by atoms with Gasteiger partial charge in [0.15, 0.2) is 11.5 Å². The van der Waals surface area contributed by atoms with Crippen molar-refractivity contribution in [1.29, 1.82) is 0 Å². The van der Waals surface area contributed by atoms with Crippen LogP contribution in [0.25, 0.3) is 0 Å². The minimum Gasteiger partial charge on any atom is -0.378 e. The number of hydrogen-bond acceptors (Lipinski definition) is 9. The van der Waals surface area contributed by atoms with Crippen molar-refractivity contribution in [2.75, 3.05) is 17.3 Å². The van der Waals surface area contributed by atoms with Crippen molar-refractivity contribution in [3.63, 3.8) is 0 Å². The molecule has 9 nitrogen and oxygen atoms in total. The minimum atomic E-state index is -4.14. The zero-order valence-corrected chi connectivity index (χ0v) is 19.9. The maximum Gasteiger partial charge on any atom is 0.309 e. The van der Waals surface area contributed by atoms with Gasteiger partial charge >= 0.3 is 30.4 Å². The predicted molar refractivity (Wildman–Crippen MR) is 114 cm³/mol. The van der Waals surface area contributed by atoms with Crippen LogP contribution in [0, 0.1) is 0 Å². The smallest absolute Gasteiger partial charge is 0.309 e. The molecule has 1 aromatic rings. The van der Waals surface area contributed by atoms with Crippen LogP contribution in [-0.2, 0) is 30.4 Å². The molecule has 0 bridgehead atoms. The number of rotatable bonds is 15. The standard InChI is InChI=1S/C18H30O9S3/c1-4-7-13-28(19,20)25-16-11-10-12-17(26-29(21,22)14-8-5-2)18(16)27-30(23,24)15-9-6-3/h10-12H,4-9,13-15H2,1-3H3. The van der Waals surface area contributed by atoms with Crippen molar-refractivity contribution in [3.05, 3.63) is 18.2 Å². The lowest BCUT2D eigenvalue weighted by Gasteiger charge is -2.16. The van der Waals surface area contributed by atoms with E-state index in [4.69, 9.17) is 12.5 Å². The molecule has 174 valence electrons. The van der Waals surface area contributed by atoms with Gasteiger partial charge in [0.1, 0.15) is 0 Å². The zero-order chi connectivity index (χ0) is 22.8. The van der Waals surface area contributed by atoms with Gasteiger partial charge < -0.3 is 12.5 Å². The molecule has 0 unspecified atom stereocenters. The van der Waals surface area contributed by atoms with E-state index in [-0.39, 0.29) is 17.3 Å². The average Bonchev–Trinajstić information content (AvgIpc) is 2.65. The van der Waals surface area contributed by atoms with E-state index in [0.29, 0.717) is 38.5 Å². The molecule has 0 aromatic heterocycles. The summed E-state index contributed by atoms with van der Waals surface area (Å²) in [6.45, 7) is 5.40. The summed E-state index contributed by atoms with van der Waals surface area (Å²) in [5.74, 6) is -2.41. The highest BCUT2D eigenvalue weighted by Gasteiger charge is 2.26. The molecular formula is C18H30O9S3. The van der Waals surface area contributed by atoms with E-state index in [1.54, 1.807) is 20.8 Å². The van der Waals surface area contributed by atoms with Gasteiger partial charge in [-0.3, -0.25) is 0 Å². The molecule has 0 fully saturated rings. The number of para-hydroxylation sites is 1. The molecule has 12 heteroatoms. The predicted octanol–water partition coefficient (Wildman–Crippen LogP) is 3.21. The van der Waals surface area contributed by atoms with Crippen LogP contribution in [0.15, 0.2) is 18.2 Å². The molecule has 1 aromatic carbocycles. The molecule has 0 aliphatic rings. The highest BCUT2D eigenvalue weighted by atomic mass is 32.2. The lowest BCUT2D eigenvalue weighted by molar-refractivity contribution is 0.426. The van der Waals surface area contributed by atoms with Crippen LogP contribution < -0.4 is 12.5 Å². The van der Waals surface area contributed by atoms with E-state index >= 15 is 0 Å². The molecule has 0 saturated carbocycles. The van der Waals surface area contributed by atoms with Gasteiger partial charge in [0.2, 0.25) is 5.75 Å². The Balaban J connectivity index is 3.36. The van der Waals surface area contributed by atoms with Gasteiger partial charge in [0.05, 0.1) is 17.3 Å². The van der Waals surface area contributed by atoms with Crippen LogP contribution in [0.1, 0.15) is 59.3 Å². The van der Waals surface area contributed by atoms with Crippen molar-refractivity contribution < 1.29 is 37.8 Å². The summed E-state index contributed by atoms with van der Waals surface area (Å²) >= 11 is 0. The molecule has 0 aliphatic heterocycles. The first-order valence-electron chi connectivity index (χ1n) is 9.84. The Kier molecular flexibility index (Phi) is 10.4. The summed E-state index contributed by atoms with van der Waals surface area (Å²) in [6, 6.07) is 3.65. The largest absolute Gasteiger partial charge is 0.378 e. The van der Waals surface area contributed by atoms with Crippen molar-refractivity contribution in [2.24, 2.45) is 0 Å². The molecular weight excluding hydrogens is 456 g/mol. The molecule has 0 heterocycles. The molecule has 0 saturated heterocycles. The molecule has 0 radical (unpaired) electrons. The maximum atomic E-state index is 12.3. The van der Waals surface area contributed by atoms with Crippen LogP contribution in [0.2, 0.25) is 0 Å². The SMILES string of the molecule is CCCCS(=O)(=O)Oc1cccc(OS(=O)(=O)CCCC)c1OS(=O)(=O)CCCC. The Morgan fingerprint density at radius 1 is 0.600 bits per heavy atom. The molecule has 0 aliphatic carbocycles. The van der Waals surface area contributed by atoms with Crippen LogP contribution in [0.4, 0.5) is 0 Å². The topological polar surface area (TPSA) is 130 Å². The fourth-order valence-electron chi connectivity index (χ4n) is 2.20. The van der Waals surface area contributed by atoms with E-state index in [1.807, 2.05) is 0 Å². The number of benzene rings is 1. The lowest BCUT2D eigenvalue weighted by atomic mass is 10.3. The third-order valence-electron chi connectivity index (χ3n) is 3.83. The fourth-order valence-corrected chi connectivity index (χ4v) is 5.60. The zero-order valence-electron chi connectivity index (χ0n) is 17.5. The van der Waals surface area contributed by atoms with Gasteiger partial charge in [-0.25, -0.2) is 0 Å². The Morgan fingerprint density at radius 3 is 1.27 bits per heavy atom. The Labute approximate surface area is 180 Å².